The minimum atomic E-state index is -0.866. The lowest BCUT2D eigenvalue weighted by Crippen LogP contribution is -2.51. The standard InChI is InChI=1S/C50H58N8O7/c1-26(2)45(65-49(61)51-5)48(60)58-41-20-36(41)22-43(58)47-52-23-38(54-47)30-9-7-29(8-10-30)31-11-12-33-18-34(14-13-32(33)17-31)39-24-53-46(55-39)42-21-35-19-40(35)57(42)44(59)25-56(50(62)63-6)37-15-27(3)64-28(4)16-37/h7-14,17-18,23-24,26-28,35-37,40-43,45H,15-16,19-22,25H2,1-6H3,(H,51,61)(H,52,54)(H,53,55)/t27-,28-,35+,36+,40+,41+,42-,43-,45-/m0/s1. The molecule has 2 aliphatic carbocycles. The average Bonchev–Trinajstić information content (AvgIpc) is 3.88. The van der Waals surface area contributed by atoms with Crippen molar-refractivity contribution in [1.29, 1.82) is 0 Å². The van der Waals surface area contributed by atoms with Gasteiger partial charge in [-0.3, -0.25) is 14.5 Å². The van der Waals surface area contributed by atoms with E-state index in [9.17, 15) is 19.2 Å². The van der Waals surface area contributed by atoms with Crippen molar-refractivity contribution in [2.75, 3.05) is 20.7 Å². The number of amides is 4. The lowest BCUT2D eigenvalue weighted by Gasteiger charge is -2.39. The summed E-state index contributed by atoms with van der Waals surface area (Å²) in [5.41, 5.74) is 5.94. The fraction of sp³-hybridized carbons (Fsp3) is 0.480. The molecule has 3 N–H and O–H groups in total. The number of H-pyrrole nitrogens is 2. The number of benzene rings is 3. The summed E-state index contributed by atoms with van der Waals surface area (Å²) in [4.78, 5) is 75.0. The van der Waals surface area contributed by atoms with Crippen LogP contribution in [0.5, 0.6) is 0 Å². The number of alkyl carbamates (subject to hydrolysis) is 1. The highest BCUT2D eigenvalue weighted by Gasteiger charge is 2.57. The van der Waals surface area contributed by atoms with Crippen molar-refractivity contribution in [3.8, 4) is 33.6 Å². The molecule has 9 atom stereocenters. The number of nitrogens with zero attached hydrogens (tertiary/aromatic N) is 5. The smallest absolute Gasteiger partial charge is 0.410 e. The highest BCUT2D eigenvalue weighted by atomic mass is 16.6. The van der Waals surface area contributed by atoms with Gasteiger partial charge in [0.2, 0.25) is 5.91 Å². The summed E-state index contributed by atoms with van der Waals surface area (Å²) in [6, 6.07) is 21.1. The molecule has 5 heterocycles. The first-order valence-corrected chi connectivity index (χ1v) is 23.1. The van der Waals surface area contributed by atoms with Crippen molar-refractivity contribution >= 4 is 34.8 Å². The third-order valence-electron chi connectivity index (χ3n) is 14.4. The van der Waals surface area contributed by atoms with Gasteiger partial charge in [-0.1, -0.05) is 62.4 Å². The Hall–Kier alpha value is -6.22. The normalized spacial score (nSPS) is 27.0. The Morgan fingerprint density at radius 3 is 1.89 bits per heavy atom. The number of hydrogen-bond donors (Lipinski definition) is 3. The van der Waals surface area contributed by atoms with Crippen molar-refractivity contribution in [3.63, 3.8) is 0 Å². The summed E-state index contributed by atoms with van der Waals surface area (Å²) < 4.78 is 16.6. The van der Waals surface area contributed by atoms with Gasteiger partial charge in [0, 0.05) is 30.7 Å². The van der Waals surface area contributed by atoms with E-state index < -0.39 is 18.3 Å². The highest BCUT2D eigenvalue weighted by molar-refractivity contribution is 5.91. The highest BCUT2D eigenvalue weighted by Crippen LogP contribution is 2.54. The molecule has 2 saturated carbocycles. The molecule has 0 bridgehead atoms. The van der Waals surface area contributed by atoms with Gasteiger partial charge >= 0.3 is 12.2 Å². The van der Waals surface area contributed by atoms with Gasteiger partial charge < -0.3 is 39.3 Å². The summed E-state index contributed by atoms with van der Waals surface area (Å²) in [7, 11) is 2.86. The van der Waals surface area contributed by atoms with Gasteiger partial charge in [-0.25, -0.2) is 19.6 Å². The number of carbonyl (C=O) groups excluding carboxylic acids is 4. The molecular formula is C50H58N8O7. The van der Waals surface area contributed by atoms with E-state index in [-0.39, 0.29) is 66.7 Å². The Bertz CT molecular complexity index is 2610. The second-order valence-electron chi connectivity index (χ2n) is 19.2. The maximum atomic E-state index is 14.1. The van der Waals surface area contributed by atoms with Crippen LogP contribution in [0.2, 0.25) is 0 Å². The van der Waals surface area contributed by atoms with Crippen molar-refractivity contribution in [1.82, 2.24) is 40.0 Å². The van der Waals surface area contributed by atoms with Crippen LogP contribution in [0.25, 0.3) is 44.4 Å². The molecule has 3 saturated heterocycles. The second kappa shape index (κ2) is 17.0. The Morgan fingerprint density at radius 2 is 1.29 bits per heavy atom. The molecule has 65 heavy (non-hydrogen) atoms. The maximum absolute atomic E-state index is 14.1. The molecule has 5 aliphatic rings. The minimum absolute atomic E-state index is 0.00882. The Labute approximate surface area is 378 Å². The predicted molar refractivity (Wildman–Crippen MR) is 243 cm³/mol. The summed E-state index contributed by atoms with van der Waals surface area (Å²) in [5, 5.41) is 4.67. The first kappa shape index (κ1) is 42.7. The van der Waals surface area contributed by atoms with Crippen LogP contribution in [0.1, 0.15) is 90.0 Å². The third kappa shape index (κ3) is 8.23. The van der Waals surface area contributed by atoms with Crippen LogP contribution in [0.4, 0.5) is 9.59 Å². The molecule has 10 rings (SSSR count). The molecule has 15 heteroatoms. The minimum Gasteiger partial charge on any atom is -0.453 e. The quantitative estimate of drug-likeness (QED) is 0.119. The molecule has 340 valence electrons. The molecule has 3 aliphatic heterocycles. The zero-order chi connectivity index (χ0) is 45.3. The van der Waals surface area contributed by atoms with Crippen LogP contribution in [-0.4, -0.2) is 116 Å². The number of aromatic amines is 2. The third-order valence-corrected chi connectivity index (χ3v) is 14.4. The molecule has 4 amide bonds. The van der Waals surface area contributed by atoms with E-state index >= 15 is 0 Å². The number of ether oxygens (including phenoxy) is 3. The molecule has 3 aromatic carbocycles. The average molecular weight is 883 g/mol. The number of nitrogens with one attached hydrogen (secondary N) is 3. The largest absolute Gasteiger partial charge is 0.453 e. The Kier molecular flexibility index (Phi) is 11.2. The maximum Gasteiger partial charge on any atom is 0.410 e. The zero-order valence-corrected chi connectivity index (χ0v) is 37.8. The van der Waals surface area contributed by atoms with E-state index in [0.29, 0.717) is 24.7 Å². The Morgan fingerprint density at radius 1 is 0.754 bits per heavy atom. The molecule has 5 aromatic rings. The number of likely N-dealkylation sites (tertiary alicyclic amines) is 2. The van der Waals surface area contributed by atoms with Gasteiger partial charge in [0.25, 0.3) is 5.91 Å². The van der Waals surface area contributed by atoms with Crippen LogP contribution in [-0.2, 0) is 23.8 Å². The van der Waals surface area contributed by atoms with E-state index in [1.54, 1.807) is 4.90 Å². The number of imidazole rings is 2. The lowest BCUT2D eigenvalue weighted by molar-refractivity contribution is -0.145. The fourth-order valence-electron chi connectivity index (χ4n) is 10.9. The first-order valence-electron chi connectivity index (χ1n) is 23.1. The van der Waals surface area contributed by atoms with Crippen molar-refractivity contribution in [2.24, 2.45) is 17.8 Å². The van der Waals surface area contributed by atoms with Gasteiger partial charge in [-0.2, -0.15) is 0 Å². The summed E-state index contributed by atoms with van der Waals surface area (Å²) in [6.45, 7) is 7.75. The topological polar surface area (TPSA) is 175 Å². The summed E-state index contributed by atoms with van der Waals surface area (Å²) in [6.07, 6.45) is 6.64. The number of aromatic nitrogens is 4. The summed E-state index contributed by atoms with van der Waals surface area (Å²) in [5.74, 6) is 1.97. The van der Waals surface area contributed by atoms with E-state index in [4.69, 9.17) is 24.2 Å². The number of carbonyl (C=O) groups is 4. The molecule has 0 unspecified atom stereocenters. The summed E-state index contributed by atoms with van der Waals surface area (Å²) >= 11 is 0. The van der Waals surface area contributed by atoms with Gasteiger partial charge in [0.15, 0.2) is 6.10 Å². The second-order valence-corrected chi connectivity index (χ2v) is 19.2. The number of fused-ring (bicyclic) bond motifs is 3. The zero-order valence-electron chi connectivity index (χ0n) is 37.8. The number of piperidine rings is 2. The molecule has 0 radical (unpaired) electrons. The molecule has 0 spiro atoms. The monoisotopic (exact) mass is 882 g/mol. The van der Waals surface area contributed by atoms with Crippen molar-refractivity contribution < 1.29 is 33.4 Å². The van der Waals surface area contributed by atoms with Crippen LogP contribution in [0.3, 0.4) is 0 Å². The van der Waals surface area contributed by atoms with Gasteiger partial charge in [0.05, 0.1) is 55.2 Å². The number of hydrogen-bond acceptors (Lipinski definition) is 9. The van der Waals surface area contributed by atoms with Crippen LogP contribution >= 0.6 is 0 Å². The van der Waals surface area contributed by atoms with Crippen LogP contribution in [0.15, 0.2) is 73.1 Å². The van der Waals surface area contributed by atoms with E-state index in [1.807, 2.05) is 49.9 Å². The first-order chi connectivity index (χ1) is 31.4. The van der Waals surface area contributed by atoms with Crippen molar-refractivity contribution in [2.45, 2.75) is 115 Å². The number of rotatable bonds is 11. The number of methoxy groups -OCH3 is 1. The van der Waals surface area contributed by atoms with Crippen LogP contribution < -0.4 is 5.32 Å². The fourth-order valence-corrected chi connectivity index (χ4v) is 10.9. The predicted octanol–water partition coefficient (Wildman–Crippen LogP) is 8.02. The lowest BCUT2D eigenvalue weighted by atomic mass is 9.98. The molecular weight excluding hydrogens is 825 g/mol. The van der Waals surface area contributed by atoms with Gasteiger partial charge in [-0.15, -0.1) is 0 Å². The molecule has 5 fully saturated rings. The van der Waals surface area contributed by atoms with Crippen LogP contribution in [0, 0.1) is 17.8 Å². The Balaban J connectivity index is 0.807. The van der Waals surface area contributed by atoms with E-state index in [2.05, 4.69) is 75.9 Å². The van der Waals surface area contributed by atoms with Crippen molar-refractivity contribution in [3.05, 3.63) is 84.7 Å². The van der Waals surface area contributed by atoms with E-state index in [1.165, 1.54) is 14.2 Å². The van der Waals surface area contributed by atoms with Gasteiger partial charge in [-0.05, 0) is 110 Å². The molecule has 2 aromatic heterocycles. The SMILES string of the molecule is CNC(=O)O[C@H](C(=O)N1[C@@H]2C[C@@H]2C[C@H]1c1ncc(-c2ccc(-c3ccc4cc(-c5cnc([C@@H]6C[C@H]7C[C@H]7N6C(=O)CN(C(=O)OC)C6C[C@H](C)O[C@@H](C)C6)[nH]5)ccc4c3)cc2)[nH]1)C(C)C. The van der Waals surface area contributed by atoms with Gasteiger partial charge in [0.1, 0.15) is 18.2 Å². The molecule has 15 nitrogen and oxygen atoms in total. The van der Waals surface area contributed by atoms with E-state index in [0.717, 1.165) is 81.7 Å².